The number of rotatable bonds is 3. The van der Waals surface area contributed by atoms with Crippen LogP contribution in [0.5, 0.6) is 0 Å². The van der Waals surface area contributed by atoms with E-state index in [2.05, 4.69) is 5.32 Å². The van der Waals surface area contributed by atoms with Crippen molar-refractivity contribution in [3.8, 4) is 0 Å². The Morgan fingerprint density at radius 3 is 2.74 bits per heavy atom. The molecular weight excluding hydrogens is 344 g/mol. The van der Waals surface area contributed by atoms with E-state index in [9.17, 15) is 9.59 Å². The third kappa shape index (κ3) is 2.85. The molecule has 1 atom stereocenters. The van der Waals surface area contributed by atoms with Gasteiger partial charge in [0.25, 0.3) is 5.91 Å². The lowest BCUT2D eigenvalue weighted by atomic mass is 10.0. The minimum absolute atomic E-state index is 0.0693. The number of benzene rings is 2. The quantitative estimate of drug-likeness (QED) is 0.709. The fourth-order valence-electron chi connectivity index (χ4n) is 3.31. The number of carbonyl (C=O) groups is 2. The van der Waals surface area contributed by atoms with Crippen LogP contribution < -0.4 is 10.2 Å². The molecule has 1 unspecified atom stereocenters. The lowest BCUT2D eigenvalue weighted by molar-refractivity contribution is 0.0562. The number of hydrogen-bond donors (Lipinski definition) is 1. The first kappa shape index (κ1) is 16.9. The summed E-state index contributed by atoms with van der Waals surface area (Å²) in [4.78, 5) is 27.1. The molecule has 1 aromatic heterocycles. The van der Waals surface area contributed by atoms with Crippen molar-refractivity contribution in [3.63, 3.8) is 0 Å². The van der Waals surface area contributed by atoms with E-state index in [0.29, 0.717) is 16.8 Å². The maximum Gasteiger partial charge on any atom is 0.374 e. The number of carbonyl (C=O) groups excluding carboxylic acids is 2. The molecule has 6 heteroatoms. The highest BCUT2D eigenvalue weighted by Gasteiger charge is 2.37. The van der Waals surface area contributed by atoms with E-state index < -0.39 is 12.1 Å². The van der Waals surface area contributed by atoms with E-state index in [-0.39, 0.29) is 11.7 Å². The molecule has 1 N–H and O–H groups in total. The van der Waals surface area contributed by atoms with Crippen molar-refractivity contribution >= 4 is 23.3 Å². The van der Waals surface area contributed by atoms with Gasteiger partial charge in [0.05, 0.1) is 18.9 Å². The zero-order valence-corrected chi connectivity index (χ0v) is 14.9. The monoisotopic (exact) mass is 362 g/mol. The molecule has 0 saturated carbocycles. The fraction of sp³-hybridized carbons (Fsp3) is 0.143. The van der Waals surface area contributed by atoms with E-state index in [0.717, 1.165) is 11.3 Å². The Balaban J connectivity index is 1.89. The van der Waals surface area contributed by atoms with Gasteiger partial charge in [-0.3, -0.25) is 9.69 Å². The third-order valence-electron chi connectivity index (χ3n) is 4.57. The predicted octanol–water partition coefficient (Wildman–Crippen LogP) is 4.15. The van der Waals surface area contributed by atoms with Gasteiger partial charge in [0.1, 0.15) is 6.17 Å². The van der Waals surface area contributed by atoms with E-state index in [1.807, 2.05) is 49.4 Å². The summed E-state index contributed by atoms with van der Waals surface area (Å²) in [5, 5.41) is 3.35. The topological polar surface area (TPSA) is 71.8 Å². The summed E-state index contributed by atoms with van der Waals surface area (Å²) in [5.41, 5.74) is 3.56. The second-order valence-electron chi connectivity index (χ2n) is 6.30. The number of hydrogen-bond acceptors (Lipinski definition) is 5. The fourth-order valence-corrected chi connectivity index (χ4v) is 3.31. The number of methoxy groups -OCH3 is 1. The largest absolute Gasteiger partial charge is 0.463 e. The van der Waals surface area contributed by atoms with Gasteiger partial charge in [-0.25, -0.2) is 4.79 Å². The third-order valence-corrected chi connectivity index (χ3v) is 4.57. The second-order valence-corrected chi connectivity index (χ2v) is 6.30. The Bertz CT molecular complexity index is 1020. The van der Waals surface area contributed by atoms with Gasteiger partial charge in [-0.1, -0.05) is 24.3 Å². The Kier molecular flexibility index (Phi) is 4.16. The smallest absolute Gasteiger partial charge is 0.374 e. The van der Waals surface area contributed by atoms with Crippen LogP contribution in [0.15, 0.2) is 65.3 Å². The lowest BCUT2D eigenvalue weighted by Gasteiger charge is -2.37. The van der Waals surface area contributed by atoms with Gasteiger partial charge in [0, 0.05) is 16.9 Å². The molecule has 6 nitrogen and oxygen atoms in total. The summed E-state index contributed by atoms with van der Waals surface area (Å²) in [6.45, 7) is 1.96. The number of para-hydroxylation sites is 1. The molecule has 4 rings (SSSR count). The summed E-state index contributed by atoms with van der Waals surface area (Å²) in [7, 11) is 1.29. The summed E-state index contributed by atoms with van der Waals surface area (Å²) in [5.74, 6) is -0.677. The van der Waals surface area contributed by atoms with Crippen molar-refractivity contribution in [3.05, 3.63) is 83.3 Å². The highest BCUT2D eigenvalue weighted by atomic mass is 16.5. The maximum absolute atomic E-state index is 13.3. The van der Waals surface area contributed by atoms with Crippen LogP contribution in [-0.4, -0.2) is 19.0 Å². The molecule has 136 valence electrons. The van der Waals surface area contributed by atoms with Gasteiger partial charge in [-0.05, 0) is 42.8 Å². The summed E-state index contributed by atoms with van der Waals surface area (Å²) in [6, 6.07) is 16.6. The van der Waals surface area contributed by atoms with Crippen molar-refractivity contribution < 1.29 is 18.7 Å². The molecule has 0 aliphatic carbocycles. The van der Waals surface area contributed by atoms with Gasteiger partial charge in [-0.2, -0.15) is 0 Å². The molecule has 1 aliphatic rings. The van der Waals surface area contributed by atoms with Crippen LogP contribution in [0.2, 0.25) is 0 Å². The number of nitrogens with one attached hydrogen (secondary N) is 1. The number of furan rings is 1. The van der Waals surface area contributed by atoms with Crippen LogP contribution in [0, 0.1) is 6.92 Å². The van der Waals surface area contributed by atoms with E-state index >= 15 is 0 Å². The van der Waals surface area contributed by atoms with Crippen LogP contribution in [0.3, 0.4) is 0 Å². The highest BCUT2D eigenvalue weighted by molar-refractivity contribution is 6.12. The molecule has 0 radical (unpaired) electrons. The van der Waals surface area contributed by atoms with Crippen LogP contribution in [0.4, 0.5) is 11.4 Å². The minimum Gasteiger partial charge on any atom is -0.463 e. The van der Waals surface area contributed by atoms with Crippen molar-refractivity contribution in [1.29, 1.82) is 0 Å². The van der Waals surface area contributed by atoms with Crippen LogP contribution in [-0.2, 0) is 4.74 Å². The summed E-state index contributed by atoms with van der Waals surface area (Å²) in [6.07, 6.45) is 0.810. The maximum atomic E-state index is 13.3. The van der Waals surface area contributed by atoms with Gasteiger partial charge in [-0.15, -0.1) is 0 Å². The van der Waals surface area contributed by atoms with Crippen LogP contribution in [0.1, 0.15) is 38.2 Å². The van der Waals surface area contributed by atoms with E-state index in [1.165, 1.54) is 13.4 Å². The molecule has 3 aromatic rings. The average Bonchev–Trinajstić information content (AvgIpc) is 3.17. The van der Waals surface area contributed by atoms with Crippen molar-refractivity contribution in [2.75, 3.05) is 17.3 Å². The first-order chi connectivity index (χ1) is 13.1. The summed E-state index contributed by atoms with van der Waals surface area (Å²) >= 11 is 0. The number of esters is 1. The second kappa shape index (κ2) is 6.64. The average molecular weight is 362 g/mol. The van der Waals surface area contributed by atoms with E-state index in [4.69, 9.17) is 9.15 Å². The Morgan fingerprint density at radius 1 is 1.15 bits per heavy atom. The van der Waals surface area contributed by atoms with Crippen molar-refractivity contribution in [2.24, 2.45) is 0 Å². The standard InChI is InChI=1S/C21H18N2O4/c1-13-6-5-7-14(12-13)23-19(16-10-11-27-18(16)21(25)26-2)22-17-9-4-3-8-15(17)20(23)24/h3-12,19,22H,1-2H3. The predicted molar refractivity (Wildman–Crippen MR) is 101 cm³/mol. The van der Waals surface area contributed by atoms with E-state index in [1.54, 1.807) is 17.0 Å². The number of aryl methyl sites for hydroxylation is 1. The molecule has 1 amide bonds. The summed E-state index contributed by atoms with van der Waals surface area (Å²) < 4.78 is 10.2. The first-order valence-corrected chi connectivity index (χ1v) is 8.51. The van der Waals surface area contributed by atoms with Crippen LogP contribution >= 0.6 is 0 Å². The zero-order valence-electron chi connectivity index (χ0n) is 14.9. The van der Waals surface area contributed by atoms with Gasteiger partial charge in [0.15, 0.2) is 0 Å². The molecule has 2 aromatic carbocycles. The normalized spacial score (nSPS) is 15.9. The molecular formula is C21H18N2O4. The minimum atomic E-state index is -0.609. The Labute approximate surface area is 156 Å². The Morgan fingerprint density at radius 2 is 1.96 bits per heavy atom. The van der Waals surface area contributed by atoms with Gasteiger partial charge < -0.3 is 14.5 Å². The van der Waals surface area contributed by atoms with Crippen molar-refractivity contribution in [2.45, 2.75) is 13.1 Å². The number of fused-ring (bicyclic) bond motifs is 1. The van der Waals surface area contributed by atoms with Gasteiger partial charge in [0.2, 0.25) is 5.76 Å². The van der Waals surface area contributed by atoms with Crippen LogP contribution in [0.25, 0.3) is 0 Å². The number of nitrogens with zero attached hydrogens (tertiary/aromatic N) is 1. The molecule has 0 saturated heterocycles. The molecule has 27 heavy (non-hydrogen) atoms. The lowest BCUT2D eigenvalue weighted by Crippen LogP contribution is -2.43. The Hall–Kier alpha value is -3.54. The number of ether oxygens (including phenoxy) is 1. The molecule has 1 aliphatic heterocycles. The van der Waals surface area contributed by atoms with Crippen molar-refractivity contribution in [1.82, 2.24) is 0 Å². The zero-order chi connectivity index (χ0) is 19.0. The number of amides is 1. The first-order valence-electron chi connectivity index (χ1n) is 8.51. The number of anilines is 2. The SMILES string of the molecule is COC(=O)c1occc1C1Nc2ccccc2C(=O)N1c1cccc(C)c1. The molecule has 0 fully saturated rings. The molecule has 2 heterocycles. The molecule has 0 bridgehead atoms. The highest BCUT2D eigenvalue weighted by Crippen LogP contribution is 2.38. The molecule has 0 spiro atoms. The van der Waals surface area contributed by atoms with Gasteiger partial charge >= 0.3 is 5.97 Å².